The van der Waals surface area contributed by atoms with Gasteiger partial charge in [0.25, 0.3) is 0 Å². The van der Waals surface area contributed by atoms with Gasteiger partial charge in [0.2, 0.25) is 5.95 Å². The molecule has 0 amide bonds. The van der Waals surface area contributed by atoms with Crippen LogP contribution in [0.1, 0.15) is 5.56 Å². The Hall–Kier alpha value is -2.65. The van der Waals surface area contributed by atoms with Crippen molar-refractivity contribution in [3.8, 4) is 6.07 Å². The maximum absolute atomic E-state index is 8.91. The largest absolute Gasteiger partial charge is 0.378 e. The molecule has 2 aromatic rings. The van der Waals surface area contributed by atoms with Crippen LogP contribution in [0, 0.1) is 11.3 Å². The zero-order valence-corrected chi connectivity index (χ0v) is 11.5. The molecule has 1 fully saturated rings. The van der Waals surface area contributed by atoms with Crippen molar-refractivity contribution in [1.29, 1.82) is 5.26 Å². The summed E-state index contributed by atoms with van der Waals surface area (Å²) in [6.45, 7) is 3.11. The third kappa shape index (κ3) is 3.27. The number of nitriles is 1. The van der Waals surface area contributed by atoms with Crippen LogP contribution in [0.25, 0.3) is 0 Å². The van der Waals surface area contributed by atoms with E-state index in [9.17, 15) is 0 Å². The first kappa shape index (κ1) is 13.3. The summed E-state index contributed by atoms with van der Waals surface area (Å²) in [5.74, 6) is 1.40. The Morgan fingerprint density at radius 2 is 2.10 bits per heavy atom. The van der Waals surface area contributed by atoms with Crippen LogP contribution in [-0.2, 0) is 4.74 Å². The van der Waals surface area contributed by atoms with Crippen LogP contribution in [0.15, 0.2) is 36.5 Å². The summed E-state index contributed by atoms with van der Waals surface area (Å²) in [5, 5.41) is 12.0. The lowest BCUT2D eigenvalue weighted by Crippen LogP contribution is -2.36. The highest BCUT2D eigenvalue weighted by atomic mass is 16.5. The maximum atomic E-state index is 8.91. The Labute approximate surface area is 123 Å². The molecule has 0 aliphatic carbocycles. The lowest BCUT2D eigenvalue weighted by molar-refractivity contribution is 0.122. The predicted molar refractivity (Wildman–Crippen MR) is 79.5 cm³/mol. The lowest BCUT2D eigenvalue weighted by Gasteiger charge is -2.27. The van der Waals surface area contributed by atoms with Crippen LogP contribution in [0.2, 0.25) is 0 Å². The second kappa shape index (κ2) is 6.20. The molecular formula is C15H15N5O. The zero-order valence-electron chi connectivity index (χ0n) is 11.5. The third-order valence-corrected chi connectivity index (χ3v) is 3.22. The van der Waals surface area contributed by atoms with Gasteiger partial charge < -0.3 is 15.0 Å². The van der Waals surface area contributed by atoms with E-state index in [1.165, 1.54) is 0 Å². The monoisotopic (exact) mass is 281 g/mol. The second-order valence-electron chi connectivity index (χ2n) is 4.66. The van der Waals surface area contributed by atoms with Gasteiger partial charge in [0.1, 0.15) is 5.82 Å². The summed E-state index contributed by atoms with van der Waals surface area (Å²) >= 11 is 0. The molecule has 1 saturated heterocycles. The van der Waals surface area contributed by atoms with Gasteiger partial charge in [-0.3, -0.25) is 0 Å². The Kier molecular flexibility index (Phi) is 3.94. The fraction of sp³-hybridized carbons (Fsp3) is 0.267. The third-order valence-electron chi connectivity index (χ3n) is 3.22. The molecule has 0 bridgehead atoms. The fourth-order valence-corrected chi connectivity index (χ4v) is 2.17. The number of ether oxygens (including phenoxy) is 1. The van der Waals surface area contributed by atoms with Gasteiger partial charge >= 0.3 is 0 Å². The molecule has 1 N–H and O–H groups in total. The molecule has 1 aromatic carbocycles. The van der Waals surface area contributed by atoms with E-state index >= 15 is 0 Å². The van der Waals surface area contributed by atoms with Crippen molar-refractivity contribution in [2.75, 3.05) is 36.5 Å². The van der Waals surface area contributed by atoms with Crippen molar-refractivity contribution in [3.63, 3.8) is 0 Å². The van der Waals surface area contributed by atoms with Crippen LogP contribution in [0.5, 0.6) is 0 Å². The highest BCUT2D eigenvalue weighted by molar-refractivity contribution is 5.57. The SMILES string of the molecule is N#Cc1cccc(Nc2nccc(N3CCOCC3)n2)c1. The first-order valence-corrected chi connectivity index (χ1v) is 6.78. The molecule has 1 aliphatic rings. The van der Waals surface area contributed by atoms with Gasteiger partial charge in [-0.25, -0.2) is 4.98 Å². The fourth-order valence-electron chi connectivity index (χ4n) is 2.17. The predicted octanol–water partition coefficient (Wildman–Crippen LogP) is 1.93. The van der Waals surface area contributed by atoms with Gasteiger partial charge in [-0.1, -0.05) is 6.07 Å². The average molecular weight is 281 g/mol. The molecule has 0 atom stereocenters. The number of hydrogen-bond donors (Lipinski definition) is 1. The molecule has 6 heteroatoms. The zero-order chi connectivity index (χ0) is 14.5. The van der Waals surface area contributed by atoms with Gasteiger partial charge in [-0.15, -0.1) is 0 Å². The first-order valence-electron chi connectivity index (χ1n) is 6.78. The molecule has 0 unspecified atom stereocenters. The van der Waals surface area contributed by atoms with Gasteiger partial charge in [0, 0.05) is 25.0 Å². The summed E-state index contributed by atoms with van der Waals surface area (Å²) in [5.41, 5.74) is 1.40. The van der Waals surface area contributed by atoms with Gasteiger partial charge in [0.05, 0.1) is 24.8 Å². The molecule has 0 spiro atoms. The molecule has 6 nitrogen and oxygen atoms in total. The number of rotatable bonds is 3. The van der Waals surface area contributed by atoms with Crippen LogP contribution < -0.4 is 10.2 Å². The molecule has 0 saturated carbocycles. The minimum atomic E-state index is 0.522. The van der Waals surface area contributed by atoms with E-state index in [4.69, 9.17) is 10.00 Å². The Balaban J connectivity index is 1.77. The Bertz CT molecular complexity index is 661. The van der Waals surface area contributed by atoms with Crippen molar-refractivity contribution in [3.05, 3.63) is 42.1 Å². The molecule has 106 valence electrons. The maximum Gasteiger partial charge on any atom is 0.229 e. The summed E-state index contributed by atoms with van der Waals surface area (Å²) in [4.78, 5) is 10.9. The highest BCUT2D eigenvalue weighted by Gasteiger charge is 2.13. The Morgan fingerprint density at radius 3 is 2.90 bits per heavy atom. The number of hydrogen-bond acceptors (Lipinski definition) is 6. The van der Waals surface area contributed by atoms with Crippen LogP contribution >= 0.6 is 0 Å². The molecule has 21 heavy (non-hydrogen) atoms. The smallest absolute Gasteiger partial charge is 0.229 e. The summed E-state index contributed by atoms with van der Waals surface area (Å²) in [6, 6.07) is 11.2. The number of nitrogens with zero attached hydrogens (tertiary/aromatic N) is 4. The lowest BCUT2D eigenvalue weighted by atomic mass is 10.2. The summed E-state index contributed by atoms with van der Waals surface area (Å²) in [6.07, 6.45) is 1.73. The number of aromatic nitrogens is 2. The van der Waals surface area contributed by atoms with Gasteiger partial charge in [-0.05, 0) is 24.3 Å². The van der Waals surface area contributed by atoms with E-state index in [2.05, 4.69) is 26.3 Å². The quantitative estimate of drug-likeness (QED) is 0.926. The van der Waals surface area contributed by atoms with Crippen molar-refractivity contribution < 1.29 is 4.74 Å². The molecule has 3 rings (SSSR count). The molecule has 2 heterocycles. The topological polar surface area (TPSA) is 74.1 Å². The van der Waals surface area contributed by atoms with Gasteiger partial charge in [-0.2, -0.15) is 10.2 Å². The normalized spacial score (nSPS) is 14.5. The Morgan fingerprint density at radius 1 is 1.24 bits per heavy atom. The summed E-state index contributed by atoms with van der Waals surface area (Å²) < 4.78 is 5.34. The van der Waals surface area contributed by atoms with Gasteiger partial charge in [0.15, 0.2) is 0 Å². The standard InChI is InChI=1S/C15H15N5O/c16-11-12-2-1-3-13(10-12)18-15-17-5-4-14(19-15)20-6-8-21-9-7-20/h1-5,10H,6-9H2,(H,17,18,19). The molecule has 1 aromatic heterocycles. The molecule has 0 radical (unpaired) electrons. The molecule has 1 aliphatic heterocycles. The van der Waals surface area contributed by atoms with E-state index in [-0.39, 0.29) is 0 Å². The molecular weight excluding hydrogens is 266 g/mol. The van der Waals surface area contributed by atoms with Crippen molar-refractivity contribution >= 4 is 17.5 Å². The number of nitrogens with one attached hydrogen (secondary N) is 1. The van der Waals surface area contributed by atoms with Crippen molar-refractivity contribution in [2.24, 2.45) is 0 Å². The van der Waals surface area contributed by atoms with Crippen LogP contribution in [-0.4, -0.2) is 36.3 Å². The van der Waals surface area contributed by atoms with Crippen LogP contribution in [0.4, 0.5) is 17.5 Å². The highest BCUT2D eigenvalue weighted by Crippen LogP contribution is 2.18. The average Bonchev–Trinajstić information content (AvgIpc) is 2.56. The van der Waals surface area contributed by atoms with E-state index in [1.54, 1.807) is 18.3 Å². The minimum absolute atomic E-state index is 0.522. The number of benzene rings is 1. The van der Waals surface area contributed by atoms with E-state index in [1.807, 2.05) is 18.2 Å². The van der Waals surface area contributed by atoms with Crippen molar-refractivity contribution in [2.45, 2.75) is 0 Å². The van der Waals surface area contributed by atoms with E-state index in [0.29, 0.717) is 11.5 Å². The van der Waals surface area contributed by atoms with Crippen molar-refractivity contribution in [1.82, 2.24) is 9.97 Å². The van der Waals surface area contributed by atoms with E-state index in [0.717, 1.165) is 37.8 Å². The van der Waals surface area contributed by atoms with Crippen LogP contribution in [0.3, 0.4) is 0 Å². The number of morpholine rings is 1. The second-order valence-corrected chi connectivity index (χ2v) is 4.66. The minimum Gasteiger partial charge on any atom is -0.378 e. The first-order chi connectivity index (χ1) is 10.3. The summed E-state index contributed by atoms with van der Waals surface area (Å²) in [7, 11) is 0. The van der Waals surface area contributed by atoms with E-state index < -0.39 is 0 Å². The number of anilines is 3.